The Balaban J connectivity index is 1.49. The molecule has 8 aromatic rings. The molecule has 0 fully saturated rings. The summed E-state index contributed by atoms with van der Waals surface area (Å²) in [6, 6.07) is 48.5. The Kier molecular flexibility index (Phi) is 4.29. The molecule has 1 heterocycles. The molecule has 0 aliphatic carbocycles. The second kappa shape index (κ2) is 7.81. The van der Waals surface area contributed by atoms with Gasteiger partial charge in [0.05, 0.1) is 5.52 Å². The highest BCUT2D eigenvalue weighted by atomic mass is 14.7. The summed E-state index contributed by atoms with van der Waals surface area (Å²) in [5.74, 6) is 0. The Labute approximate surface area is 214 Å². The maximum atomic E-state index is 3.74. The normalized spacial score (nSPS) is 11.8. The first-order valence-corrected chi connectivity index (χ1v) is 12.8. The van der Waals surface area contributed by atoms with Crippen LogP contribution in [0.4, 0.5) is 0 Å². The van der Waals surface area contributed by atoms with Gasteiger partial charge in [0.2, 0.25) is 0 Å². The van der Waals surface area contributed by atoms with E-state index in [-0.39, 0.29) is 0 Å². The first-order chi connectivity index (χ1) is 18.3. The molecule has 37 heavy (non-hydrogen) atoms. The molecule has 8 rings (SSSR count). The van der Waals surface area contributed by atoms with Gasteiger partial charge in [0, 0.05) is 21.9 Å². The molecule has 1 N–H and O–H groups in total. The summed E-state index contributed by atoms with van der Waals surface area (Å²) in [6.07, 6.45) is 0. The van der Waals surface area contributed by atoms with E-state index in [9.17, 15) is 0 Å². The van der Waals surface area contributed by atoms with Crippen molar-refractivity contribution in [3.8, 4) is 22.3 Å². The van der Waals surface area contributed by atoms with Crippen molar-refractivity contribution in [3.05, 3.63) is 133 Å². The van der Waals surface area contributed by atoms with Gasteiger partial charge in [-0.3, -0.25) is 0 Å². The topological polar surface area (TPSA) is 15.8 Å². The van der Waals surface area contributed by atoms with Gasteiger partial charge in [0.15, 0.2) is 0 Å². The number of hydrogen-bond acceptors (Lipinski definition) is 0. The molecule has 0 aliphatic rings. The van der Waals surface area contributed by atoms with E-state index in [0.29, 0.717) is 0 Å². The third-order valence-electron chi connectivity index (χ3n) is 7.78. The Morgan fingerprint density at radius 1 is 0.324 bits per heavy atom. The second-order valence-corrected chi connectivity index (χ2v) is 9.83. The molecule has 0 atom stereocenters. The lowest BCUT2D eigenvalue weighted by Crippen LogP contribution is -1.87. The third-order valence-corrected chi connectivity index (χ3v) is 7.78. The molecule has 0 aliphatic heterocycles. The minimum Gasteiger partial charge on any atom is -0.354 e. The number of aromatic amines is 1. The highest BCUT2D eigenvalue weighted by Crippen LogP contribution is 2.41. The van der Waals surface area contributed by atoms with Gasteiger partial charge < -0.3 is 4.98 Å². The molecule has 0 unspecified atom stereocenters. The summed E-state index contributed by atoms with van der Waals surface area (Å²) in [4.78, 5) is 3.74. The van der Waals surface area contributed by atoms with Gasteiger partial charge in [-0.15, -0.1) is 0 Å². The zero-order valence-corrected chi connectivity index (χ0v) is 20.2. The van der Waals surface area contributed by atoms with Crippen LogP contribution in [0.15, 0.2) is 133 Å². The predicted molar refractivity (Wildman–Crippen MR) is 159 cm³/mol. The minimum atomic E-state index is 1.17. The fraction of sp³-hybridized carbons (Fsp3) is 0. The molecule has 0 spiro atoms. The third kappa shape index (κ3) is 3.04. The molecule has 0 amide bonds. The lowest BCUT2D eigenvalue weighted by Gasteiger charge is -2.13. The first kappa shape index (κ1) is 20.3. The zero-order valence-electron chi connectivity index (χ0n) is 20.2. The van der Waals surface area contributed by atoms with Crippen molar-refractivity contribution in [2.45, 2.75) is 0 Å². The number of hydrogen-bond donors (Lipinski definition) is 1. The number of nitrogens with one attached hydrogen (secondary N) is 1. The van der Waals surface area contributed by atoms with Crippen LogP contribution >= 0.6 is 0 Å². The minimum absolute atomic E-state index is 1.17. The quantitative estimate of drug-likeness (QED) is 0.242. The maximum absolute atomic E-state index is 3.74. The van der Waals surface area contributed by atoms with E-state index in [4.69, 9.17) is 0 Å². The number of rotatable bonds is 2. The van der Waals surface area contributed by atoms with Crippen molar-refractivity contribution in [1.82, 2.24) is 4.98 Å². The lowest BCUT2D eigenvalue weighted by molar-refractivity contribution is 1.53. The van der Waals surface area contributed by atoms with Crippen LogP contribution < -0.4 is 0 Å². The molecule has 0 saturated heterocycles. The van der Waals surface area contributed by atoms with Gasteiger partial charge in [0.1, 0.15) is 0 Å². The lowest BCUT2D eigenvalue weighted by atomic mass is 9.90. The van der Waals surface area contributed by atoms with Crippen LogP contribution in [0.25, 0.3) is 76.4 Å². The number of H-pyrrole nitrogens is 1. The SMILES string of the molecule is c1ccc(-c2cc(-c3ccc4c5ccccc5c5ccccc5c4c3)c3[nH]c4ccccc4c3c2)cc1. The fourth-order valence-electron chi connectivity index (χ4n) is 6.05. The van der Waals surface area contributed by atoms with Gasteiger partial charge >= 0.3 is 0 Å². The summed E-state index contributed by atoms with van der Waals surface area (Å²) in [5, 5.41) is 10.3. The van der Waals surface area contributed by atoms with Gasteiger partial charge in [0.25, 0.3) is 0 Å². The number of aromatic nitrogens is 1. The van der Waals surface area contributed by atoms with Crippen LogP contribution in [0, 0.1) is 0 Å². The van der Waals surface area contributed by atoms with E-state index in [0.717, 1.165) is 0 Å². The highest BCUT2D eigenvalue weighted by Gasteiger charge is 2.15. The largest absolute Gasteiger partial charge is 0.354 e. The fourth-order valence-corrected chi connectivity index (χ4v) is 6.05. The van der Waals surface area contributed by atoms with Crippen molar-refractivity contribution in [2.75, 3.05) is 0 Å². The molecule has 0 saturated carbocycles. The molecule has 1 nitrogen and oxygen atoms in total. The van der Waals surface area contributed by atoms with Gasteiger partial charge in [-0.25, -0.2) is 0 Å². The molecular formula is C36H23N. The molecule has 172 valence electrons. The summed E-state index contributed by atoms with van der Waals surface area (Å²) < 4.78 is 0. The highest BCUT2D eigenvalue weighted by molar-refractivity contribution is 6.26. The van der Waals surface area contributed by atoms with E-state index >= 15 is 0 Å². The zero-order chi connectivity index (χ0) is 24.3. The summed E-state index contributed by atoms with van der Waals surface area (Å²) >= 11 is 0. The number of para-hydroxylation sites is 1. The Hall–Kier alpha value is -4.88. The molecule has 0 bridgehead atoms. The van der Waals surface area contributed by atoms with E-state index in [1.807, 2.05) is 0 Å². The maximum Gasteiger partial charge on any atom is 0.0544 e. The second-order valence-electron chi connectivity index (χ2n) is 9.83. The summed E-state index contributed by atoms with van der Waals surface area (Å²) in [5.41, 5.74) is 7.27. The molecule has 7 aromatic carbocycles. The van der Waals surface area contributed by atoms with E-state index in [1.165, 1.54) is 76.4 Å². The summed E-state index contributed by atoms with van der Waals surface area (Å²) in [7, 11) is 0. The Morgan fingerprint density at radius 3 is 1.57 bits per heavy atom. The molecule has 0 radical (unpaired) electrons. The first-order valence-electron chi connectivity index (χ1n) is 12.8. The van der Waals surface area contributed by atoms with Crippen molar-refractivity contribution < 1.29 is 0 Å². The van der Waals surface area contributed by atoms with Crippen LogP contribution in [-0.2, 0) is 0 Å². The average Bonchev–Trinajstić information content (AvgIpc) is 3.36. The summed E-state index contributed by atoms with van der Waals surface area (Å²) in [6.45, 7) is 0. The Morgan fingerprint density at radius 2 is 0.865 bits per heavy atom. The van der Waals surface area contributed by atoms with E-state index in [2.05, 4.69) is 138 Å². The van der Waals surface area contributed by atoms with E-state index < -0.39 is 0 Å². The van der Waals surface area contributed by atoms with E-state index in [1.54, 1.807) is 0 Å². The van der Waals surface area contributed by atoms with Crippen LogP contribution in [0.1, 0.15) is 0 Å². The van der Waals surface area contributed by atoms with Gasteiger partial charge in [-0.05, 0) is 73.3 Å². The molecule has 1 heteroatoms. The van der Waals surface area contributed by atoms with Crippen LogP contribution in [0.3, 0.4) is 0 Å². The van der Waals surface area contributed by atoms with Crippen LogP contribution in [-0.4, -0.2) is 4.98 Å². The number of benzene rings is 7. The van der Waals surface area contributed by atoms with Crippen LogP contribution in [0.5, 0.6) is 0 Å². The van der Waals surface area contributed by atoms with Crippen molar-refractivity contribution in [3.63, 3.8) is 0 Å². The van der Waals surface area contributed by atoms with Crippen molar-refractivity contribution in [1.29, 1.82) is 0 Å². The standard InChI is InChI=1S/C36H23N/c1-2-10-23(11-3-1)25-21-32(36-34(22-25)31-16-8-9-17-35(31)37-36)24-18-19-30-28-14-5-4-12-26(28)27-13-6-7-15-29(27)33(30)20-24/h1-22,37H. The van der Waals surface area contributed by atoms with Gasteiger partial charge in [-0.2, -0.15) is 0 Å². The molecule has 1 aromatic heterocycles. The average molecular weight is 470 g/mol. The van der Waals surface area contributed by atoms with Gasteiger partial charge in [-0.1, -0.05) is 109 Å². The van der Waals surface area contributed by atoms with Crippen molar-refractivity contribution >= 4 is 54.1 Å². The smallest absolute Gasteiger partial charge is 0.0544 e. The number of fused-ring (bicyclic) bond motifs is 9. The Bertz CT molecular complexity index is 2100. The van der Waals surface area contributed by atoms with Crippen LogP contribution in [0.2, 0.25) is 0 Å². The van der Waals surface area contributed by atoms with Crippen molar-refractivity contribution in [2.24, 2.45) is 0 Å². The predicted octanol–water partition coefficient (Wildman–Crippen LogP) is 10.1. The molecular weight excluding hydrogens is 446 g/mol. The monoisotopic (exact) mass is 469 g/mol.